The van der Waals surface area contributed by atoms with E-state index in [9.17, 15) is 0 Å². The zero-order valence-electron chi connectivity index (χ0n) is 9.24. The van der Waals surface area contributed by atoms with Gasteiger partial charge < -0.3 is 4.90 Å². The summed E-state index contributed by atoms with van der Waals surface area (Å²) in [6, 6.07) is 0.522. The maximum absolute atomic E-state index is 4.37. The monoisotopic (exact) mass is 395 g/mol. The molecule has 1 saturated carbocycles. The van der Waals surface area contributed by atoms with Gasteiger partial charge in [0.2, 0.25) is 5.95 Å². The molecule has 0 saturated heterocycles. The lowest BCUT2D eigenvalue weighted by molar-refractivity contribution is 0.440. The summed E-state index contributed by atoms with van der Waals surface area (Å²) in [5.74, 6) is 0.830. The van der Waals surface area contributed by atoms with E-state index in [1.165, 1.54) is 25.7 Å². The van der Waals surface area contributed by atoms with Crippen LogP contribution in [0.15, 0.2) is 12.4 Å². The summed E-state index contributed by atoms with van der Waals surface area (Å²) in [6.45, 7) is 0. The van der Waals surface area contributed by atoms with Crippen LogP contribution in [0.5, 0.6) is 0 Å². The fourth-order valence-electron chi connectivity index (χ4n) is 2.14. The highest BCUT2D eigenvalue weighted by molar-refractivity contribution is 14.1. The van der Waals surface area contributed by atoms with E-state index in [0.29, 0.717) is 10.9 Å². The molecule has 2 rings (SSSR count). The molecule has 0 amide bonds. The van der Waals surface area contributed by atoms with Crippen molar-refractivity contribution in [3.8, 4) is 0 Å². The van der Waals surface area contributed by atoms with Gasteiger partial charge in [0.05, 0.1) is 0 Å². The van der Waals surface area contributed by atoms with Crippen LogP contribution < -0.4 is 4.90 Å². The van der Waals surface area contributed by atoms with Gasteiger partial charge in [-0.05, 0) is 35.4 Å². The van der Waals surface area contributed by atoms with Gasteiger partial charge in [0, 0.05) is 33.9 Å². The van der Waals surface area contributed by atoms with E-state index in [2.05, 4.69) is 60.4 Å². The van der Waals surface area contributed by atoms with Crippen molar-refractivity contribution in [2.24, 2.45) is 0 Å². The molecule has 1 aliphatic carbocycles. The van der Waals surface area contributed by atoms with Crippen molar-refractivity contribution in [3.63, 3.8) is 0 Å². The number of alkyl halides is 1. The van der Waals surface area contributed by atoms with Crippen LogP contribution in [0.1, 0.15) is 25.7 Å². The largest absolute Gasteiger partial charge is 0.340 e. The van der Waals surface area contributed by atoms with Gasteiger partial charge in [0.15, 0.2) is 0 Å². The van der Waals surface area contributed by atoms with Gasteiger partial charge in [-0.2, -0.15) is 0 Å². The van der Waals surface area contributed by atoms with Crippen LogP contribution in [-0.2, 0) is 0 Å². The molecule has 1 aliphatic rings. The van der Waals surface area contributed by atoms with Crippen molar-refractivity contribution in [1.29, 1.82) is 0 Å². The zero-order valence-corrected chi connectivity index (χ0v) is 13.0. The molecule has 0 radical (unpaired) electrons. The van der Waals surface area contributed by atoms with Crippen molar-refractivity contribution in [1.82, 2.24) is 9.97 Å². The Morgan fingerprint density at radius 1 is 1.31 bits per heavy atom. The van der Waals surface area contributed by atoms with E-state index >= 15 is 0 Å². The predicted molar refractivity (Wildman–Crippen MR) is 78.1 cm³/mol. The molecule has 1 aromatic heterocycles. The molecule has 3 nitrogen and oxygen atoms in total. The molecule has 1 heterocycles. The van der Waals surface area contributed by atoms with Gasteiger partial charge in [-0.1, -0.05) is 28.8 Å². The molecule has 0 N–H and O–H groups in total. The van der Waals surface area contributed by atoms with Crippen molar-refractivity contribution in [2.45, 2.75) is 36.6 Å². The van der Waals surface area contributed by atoms with Crippen LogP contribution >= 0.6 is 38.5 Å². The van der Waals surface area contributed by atoms with Crippen molar-refractivity contribution in [3.05, 3.63) is 16.0 Å². The third kappa shape index (κ3) is 2.85. The molecule has 0 bridgehead atoms. The maximum atomic E-state index is 4.37. The summed E-state index contributed by atoms with van der Waals surface area (Å²) in [6.07, 6.45) is 8.84. The number of nitrogens with zero attached hydrogens (tertiary/aromatic N) is 3. The summed E-state index contributed by atoms with van der Waals surface area (Å²) in [5, 5.41) is 0. The molecule has 1 fully saturated rings. The second kappa shape index (κ2) is 5.62. The van der Waals surface area contributed by atoms with Gasteiger partial charge in [0.1, 0.15) is 0 Å². The molecule has 2 unspecified atom stereocenters. The summed E-state index contributed by atoms with van der Waals surface area (Å²) in [7, 11) is 2.09. The maximum Gasteiger partial charge on any atom is 0.225 e. The molecule has 0 spiro atoms. The van der Waals surface area contributed by atoms with E-state index in [1.54, 1.807) is 0 Å². The average Bonchev–Trinajstić information content (AvgIpc) is 2.30. The molecule has 5 heteroatoms. The molecule has 0 aromatic carbocycles. The van der Waals surface area contributed by atoms with Gasteiger partial charge in [-0.3, -0.25) is 0 Å². The third-order valence-electron chi connectivity index (χ3n) is 3.07. The molecule has 88 valence electrons. The van der Waals surface area contributed by atoms with Crippen molar-refractivity contribution < 1.29 is 0 Å². The van der Waals surface area contributed by atoms with Crippen LogP contribution in [0.3, 0.4) is 0 Å². The summed E-state index contributed by atoms with van der Waals surface area (Å²) in [4.78, 5) is 11.5. The molecule has 2 atom stereocenters. The number of hydrogen-bond acceptors (Lipinski definition) is 3. The highest BCUT2D eigenvalue weighted by Gasteiger charge is 2.27. The van der Waals surface area contributed by atoms with Crippen LogP contribution in [-0.4, -0.2) is 27.9 Å². The number of rotatable bonds is 2. The lowest BCUT2D eigenvalue weighted by atomic mass is 9.94. The van der Waals surface area contributed by atoms with Crippen LogP contribution in [0, 0.1) is 3.57 Å². The minimum absolute atomic E-state index is 0.522. The SMILES string of the molecule is CN(c1ncc(I)cn1)C1CCCCC1Br. The second-order valence-corrected chi connectivity index (χ2v) is 6.60. The minimum atomic E-state index is 0.522. The van der Waals surface area contributed by atoms with E-state index in [4.69, 9.17) is 0 Å². The Balaban J connectivity index is 2.11. The molecular formula is C11H15BrIN3. The van der Waals surface area contributed by atoms with Gasteiger partial charge in [-0.15, -0.1) is 0 Å². The fourth-order valence-corrected chi connectivity index (χ4v) is 3.36. The topological polar surface area (TPSA) is 29.0 Å². The highest BCUT2D eigenvalue weighted by Crippen LogP contribution is 2.29. The molecule has 1 aromatic rings. The Morgan fingerprint density at radius 2 is 1.94 bits per heavy atom. The fraction of sp³-hybridized carbons (Fsp3) is 0.636. The quantitative estimate of drug-likeness (QED) is 0.568. The third-order valence-corrected chi connectivity index (χ3v) is 4.69. The van der Waals surface area contributed by atoms with Crippen LogP contribution in [0.2, 0.25) is 0 Å². The first kappa shape index (κ1) is 12.5. The van der Waals surface area contributed by atoms with Gasteiger partial charge in [0.25, 0.3) is 0 Å². The number of anilines is 1. The summed E-state index contributed by atoms with van der Waals surface area (Å²) >= 11 is 5.99. The van der Waals surface area contributed by atoms with E-state index < -0.39 is 0 Å². The van der Waals surface area contributed by atoms with E-state index in [-0.39, 0.29) is 0 Å². The lowest BCUT2D eigenvalue weighted by Crippen LogP contribution is -2.41. The minimum Gasteiger partial charge on any atom is -0.340 e. The van der Waals surface area contributed by atoms with Gasteiger partial charge in [-0.25, -0.2) is 9.97 Å². The second-order valence-electron chi connectivity index (χ2n) is 4.18. The van der Waals surface area contributed by atoms with E-state index in [0.717, 1.165) is 9.52 Å². The Bertz CT molecular complexity index is 344. The molecule has 16 heavy (non-hydrogen) atoms. The van der Waals surface area contributed by atoms with Crippen molar-refractivity contribution in [2.75, 3.05) is 11.9 Å². The molecular weight excluding hydrogens is 381 g/mol. The number of halogens is 2. The summed E-state index contributed by atoms with van der Waals surface area (Å²) in [5.41, 5.74) is 0. The lowest BCUT2D eigenvalue weighted by Gasteiger charge is -2.35. The van der Waals surface area contributed by atoms with Crippen molar-refractivity contribution >= 4 is 44.5 Å². The first-order valence-corrected chi connectivity index (χ1v) is 7.52. The highest BCUT2D eigenvalue weighted by atomic mass is 127. The Kier molecular flexibility index (Phi) is 4.41. The molecule has 0 aliphatic heterocycles. The Labute approximate surface area is 118 Å². The normalized spacial score (nSPS) is 25.4. The number of aromatic nitrogens is 2. The van der Waals surface area contributed by atoms with E-state index in [1.807, 2.05) is 12.4 Å². The van der Waals surface area contributed by atoms with Gasteiger partial charge >= 0.3 is 0 Å². The first-order valence-electron chi connectivity index (χ1n) is 5.53. The smallest absolute Gasteiger partial charge is 0.225 e. The predicted octanol–water partition coefficient (Wildman–Crippen LogP) is 3.22. The zero-order chi connectivity index (χ0) is 11.5. The Hall–Kier alpha value is 0.0900. The average molecular weight is 396 g/mol. The Morgan fingerprint density at radius 3 is 2.56 bits per heavy atom. The van der Waals surface area contributed by atoms with Crippen LogP contribution in [0.4, 0.5) is 5.95 Å². The summed E-state index contributed by atoms with van der Waals surface area (Å²) < 4.78 is 1.08. The number of hydrogen-bond donors (Lipinski definition) is 0. The first-order chi connectivity index (χ1) is 7.68. The van der Waals surface area contributed by atoms with Crippen LogP contribution in [0.25, 0.3) is 0 Å². The standard InChI is InChI=1S/C11H15BrIN3/c1-16(10-5-3-2-4-9(10)12)11-14-6-8(13)7-15-11/h6-7,9-10H,2-5H2,1H3.